The lowest BCUT2D eigenvalue weighted by Gasteiger charge is -2.45. The number of benzene rings is 6. The van der Waals surface area contributed by atoms with Crippen molar-refractivity contribution in [3.63, 3.8) is 0 Å². The number of aromatic nitrogens is 1. The zero-order chi connectivity index (χ0) is 24.1. The second-order valence-corrected chi connectivity index (χ2v) is 11.1. The average Bonchev–Trinajstić information content (AvgIpc) is 3.31. The molecule has 0 saturated carbocycles. The molecule has 0 N–H and O–H groups in total. The van der Waals surface area contributed by atoms with Gasteiger partial charge in [0.15, 0.2) is 0 Å². The third-order valence-corrected chi connectivity index (χ3v) is 9.65. The van der Waals surface area contributed by atoms with E-state index in [9.17, 15) is 0 Å². The summed E-state index contributed by atoms with van der Waals surface area (Å²) in [6.07, 6.45) is 0. The van der Waals surface area contributed by atoms with Gasteiger partial charge in [-0.3, -0.25) is 0 Å². The molecule has 2 heteroatoms. The molecule has 6 aromatic carbocycles. The molecule has 0 aliphatic carbocycles. The van der Waals surface area contributed by atoms with E-state index in [1.54, 1.807) is 0 Å². The van der Waals surface area contributed by atoms with Gasteiger partial charge in [0, 0.05) is 20.6 Å². The number of fused-ring (bicyclic) bond motifs is 13. The number of hydrogen-bond donors (Lipinski definition) is 0. The van der Waals surface area contributed by atoms with Gasteiger partial charge >= 0.3 is 0 Å². The minimum Gasteiger partial charge on any atom is -0.309 e. The van der Waals surface area contributed by atoms with E-state index in [4.69, 9.17) is 0 Å². The van der Waals surface area contributed by atoms with Gasteiger partial charge in [-0.25, -0.2) is 0 Å². The van der Waals surface area contributed by atoms with Crippen molar-refractivity contribution in [3.05, 3.63) is 150 Å². The first-order valence-corrected chi connectivity index (χ1v) is 13.6. The van der Waals surface area contributed by atoms with Gasteiger partial charge in [-0.2, -0.15) is 0 Å². The average molecular weight is 488 g/mol. The molecule has 1 unspecified atom stereocenters. The first-order chi connectivity index (χ1) is 18.4. The van der Waals surface area contributed by atoms with Gasteiger partial charge in [-0.1, -0.05) is 121 Å². The fourth-order valence-corrected chi connectivity index (χ4v) is 8.38. The van der Waals surface area contributed by atoms with Gasteiger partial charge in [0.2, 0.25) is 0 Å². The highest BCUT2D eigenvalue weighted by molar-refractivity contribution is 7.99. The minimum absolute atomic E-state index is 0.401. The zero-order valence-electron chi connectivity index (χ0n) is 20.0. The van der Waals surface area contributed by atoms with E-state index in [1.807, 2.05) is 11.8 Å². The lowest BCUT2D eigenvalue weighted by atomic mass is 9.62. The smallest absolute Gasteiger partial charge is 0.0764 e. The van der Waals surface area contributed by atoms with E-state index < -0.39 is 5.41 Å². The Morgan fingerprint density at radius 1 is 0.486 bits per heavy atom. The van der Waals surface area contributed by atoms with Crippen LogP contribution in [0.25, 0.3) is 38.3 Å². The maximum atomic E-state index is 2.51. The molecule has 0 saturated heterocycles. The lowest BCUT2D eigenvalue weighted by Crippen LogP contribution is -2.37. The molecule has 37 heavy (non-hydrogen) atoms. The lowest BCUT2D eigenvalue weighted by molar-refractivity contribution is 0.692. The molecule has 0 radical (unpaired) electrons. The van der Waals surface area contributed by atoms with Crippen LogP contribution < -0.4 is 0 Å². The van der Waals surface area contributed by atoms with Gasteiger partial charge in [0.25, 0.3) is 0 Å². The van der Waals surface area contributed by atoms with Gasteiger partial charge < -0.3 is 4.57 Å². The predicted molar refractivity (Wildman–Crippen MR) is 154 cm³/mol. The molecule has 2 aliphatic rings. The molecule has 1 nitrogen and oxygen atoms in total. The molecule has 9 rings (SSSR count). The summed E-state index contributed by atoms with van der Waals surface area (Å²) in [4.78, 5) is 2.70. The highest BCUT2D eigenvalue weighted by Crippen LogP contribution is 2.61. The Balaban J connectivity index is 1.58. The molecular formula is C35H21NS. The first kappa shape index (κ1) is 19.9. The zero-order valence-corrected chi connectivity index (χ0v) is 20.8. The van der Waals surface area contributed by atoms with Gasteiger partial charge in [0.05, 0.1) is 22.1 Å². The number of nitrogens with zero attached hydrogens (tertiary/aromatic N) is 1. The summed E-state index contributed by atoms with van der Waals surface area (Å²) < 4.78 is 2.51. The fourth-order valence-electron chi connectivity index (χ4n) is 7.05. The summed E-state index contributed by atoms with van der Waals surface area (Å²) in [5.41, 5.74) is 8.93. The van der Waals surface area contributed by atoms with E-state index in [0.717, 1.165) is 0 Å². The molecule has 1 aromatic heterocycles. The van der Waals surface area contributed by atoms with Crippen LogP contribution in [0.2, 0.25) is 0 Å². The molecule has 172 valence electrons. The summed E-state index contributed by atoms with van der Waals surface area (Å²) in [5, 5.41) is 5.25. The highest BCUT2D eigenvalue weighted by Gasteiger charge is 2.49. The van der Waals surface area contributed by atoms with E-state index in [1.165, 1.54) is 70.3 Å². The standard InChI is InChI=1S/C35H21NS/c1-2-11-23-22(10-1)20-21-29-34(23)37-32-19-8-5-15-27(32)35(29)26-14-4-7-18-31(26)36-30-17-6-3-12-24(30)25-13-9-16-28(35)33(25)36/h1-21H. The van der Waals surface area contributed by atoms with Crippen LogP contribution in [0, 0.1) is 0 Å². The van der Waals surface area contributed by atoms with E-state index in [2.05, 4.69) is 132 Å². The SMILES string of the molecule is c1ccc2c(c1)Sc1c(ccc3ccccc13)C21c2ccccc2-n2c3ccccc3c3cccc1c32. The quantitative estimate of drug-likeness (QED) is 0.206. The van der Waals surface area contributed by atoms with Crippen molar-refractivity contribution in [2.45, 2.75) is 15.2 Å². The van der Waals surface area contributed by atoms with Crippen molar-refractivity contribution in [1.82, 2.24) is 4.57 Å². The maximum absolute atomic E-state index is 2.51. The van der Waals surface area contributed by atoms with Gasteiger partial charge in [0.1, 0.15) is 0 Å². The largest absolute Gasteiger partial charge is 0.309 e. The highest BCUT2D eigenvalue weighted by atomic mass is 32.2. The second-order valence-electron chi connectivity index (χ2n) is 10.1. The van der Waals surface area contributed by atoms with Crippen LogP contribution >= 0.6 is 11.8 Å². The summed E-state index contributed by atoms with van der Waals surface area (Å²) >= 11 is 1.92. The Morgan fingerprint density at radius 2 is 1.19 bits per heavy atom. The third kappa shape index (κ3) is 2.29. The molecule has 0 amide bonds. The van der Waals surface area contributed by atoms with Crippen molar-refractivity contribution >= 4 is 44.3 Å². The second kappa shape index (κ2) is 6.94. The minimum atomic E-state index is -0.401. The van der Waals surface area contributed by atoms with E-state index in [0.29, 0.717) is 0 Å². The Bertz CT molecular complexity index is 2080. The molecule has 1 spiro atoms. The van der Waals surface area contributed by atoms with Crippen molar-refractivity contribution in [2.24, 2.45) is 0 Å². The summed E-state index contributed by atoms with van der Waals surface area (Å²) in [7, 11) is 0. The van der Waals surface area contributed by atoms with Crippen molar-refractivity contribution < 1.29 is 0 Å². The Hall–Kier alpha value is -4.27. The van der Waals surface area contributed by atoms with E-state index >= 15 is 0 Å². The van der Waals surface area contributed by atoms with Gasteiger partial charge in [-0.15, -0.1) is 0 Å². The molecule has 1 atom stereocenters. The predicted octanol–water partition coefficient (Wildman–Crippen LogP) is 9.10. The van der Waals surface area contributed by atoms with Crippen molar-refractivity contribution in [1.29, 1.82) is 0 Å². The Kier molecular flexibility index (Phi) is 3.72. The monoisotopic (exact) mass is 487 g/mol. The number of para-hydroxylation sites is 3. The maximum Gasteiger partial charge on any atom is 0.0764 e. The van der Waals surface area contributed by atoms with Crippen molar-refractivity contribution in [3.8, 4) is 5.69 Å². The molecule has 3 heterocycles. The van der Waals surface area contributed by atoms with Crippen molar-refractivity contribution in [2.75, 3.05) is 0 Å². The van der Waals surface area contributed by atoms with Crippen LogP contribution in [0.3, 0.4) is 0 Å². The fraction of sp³-hybridized carbons (Fsp3) is 0.0286. The van der Waals surface area contributed by atoms with Gasteiger partial charge in [-0.05, 0) is 51.2 Å². The van der Waals surface area contributed by atoms with Crippen LogP contribution in [-0.2, 0) is 5.41 Å². The number of rotatable bonds is 0. The van der Waals surface area contributed by atoms with Crippen LogP contribution in [0.4, 0.5) is 0 Å². The third-order valence-electron chi connectivity index (χ3n) is 8.43. The van der Waals surface area contributed by atoms with Crippen LogP contribution in [-0.4, -0.2) is 4.57 Å². The molecule has 0 bridgehead atoms. The normalized spacial score (nSPS) is 17.2. The Morgan fingerprint density at radius 3 is 2.14 bits per heavy atom. The molecule has 7 aromatic rings. The summed E-state index contributed by atoms with van der Waals surface area (Å²) in [5.74, 6) is 0. The van der Waals surface area contributed by atoms with Crippen LogP contribution in [0.5, 0.6) is 0 Å². The van der Waals surface area contributed by atoms with E-state index in [-0.39, 0.29) is 0 Å². The molecule has 0 fully saturated rings. The topological polar surface area (TPSA) is 4.93 Å². The summed E-state index contributed by atoms with van der Waals surface area (Å²) in [6.45, 7) is 0. The molecule has 2 aliphatic heterocycles. The van der Waals surface area contributed by atoms with Crippen LogP contribution in [0.15, 0.2) is 137 Å². The molecular weight excluding hydrogens is 466 g/mol. The van der Waals surface area contributed by atoms with Crippen LogP contribution in [0.1, 0.15) is 22.3 Å². The first-order valence-electron chi connectivity index (χ1n) is 12.8. The Labute approximate surface area is 219 Å². The summed E-state index contributed by atoms with van der Waals surface area (Å²) in [6, 6.07) is 47.4. The number of hydrogen-bond acceptors (Lipinski definition) is 1.